The van der Waals surface area contributed by atoms with Crippen LogP contribution in [0, 0.1) is 11.7 Å². The van der Waals surface area contributed by atoms with Crippen molar-refractivity contribution in [2.45, 2.75) is 12.8 Å². The Morgan fingerprint density at radius 1 is 1.17 bits per heavy atom. The Balaban J connectivity index is 1.41. The van der Waals surface area contributed by atoms with Crippen LogP contribution in [-0.2, 0) is 4.79 Å². The van der Waals surface area contributed by atoms with Crippen molar-refractivity contribution in [3.05, 3.63) is 24.0 Å². The van der Waals surface area contributed by atoms with Crippen LogP contribution in [0.3, 0.4) is 0 Å². The number of para-hydroxylation sites is 1. The van der Waals surface area contributed by atoms with E-state index in [1.54, 1.807) is 6.07 Å². The summed E-state index contributed by atoms with van der Waals surface area (Å²) in [7, 11) is 0. The zero-order chi connectivity index (χ0) is 16.5. The average molecular weight is 365 g/mol. The lowest BCUT2D eigenvalue weighted by Gasteiger charge is -2.35. The van der Waals surface area contributed by atoms with E-state index in [4.69, 9.17) is 0 Å². The van der Waals surface area contributed by atoms with Gasteiger partial charge in [0, 0.05) is 43.6 Å². The van der Waals surface area contributed by atoms with E-state index in [1.807, 2.05) is 22.7 Å². The number of aromatic nitrogens is 1. The number of thiazole rings is 1. The van der Waals surface area contributed by atoms with E-state index in [9.17, 15) is 9.18 Å². The number of hydrogen-bond acceptors (Lipinski definition) is 5. The topological polar surface area (TPSA) is 36.4 Å². The van der Waals surface area contributed by atoms with Crippen molar-refractivity contribution in [3.8, 4) is 0 Å². The van der Waals surface area contributed by atoms with Gasteiger partial charge in [0.15, 0.2) is 5.13 Å². The quantitative estimate of drug-likeness (QED) is 0.819. The summed E-state index contributed by atoms with van der Waals surface area (Å²) >= 11 is 3.46. The van der Waals surface area contributed by atoms with Gasteiger partial charge in [0.05, 0.1) is 4.70 Å². The normalized spacial score (nSPS) is 19.9. The Hall–Kier alpha value is -1.34. The fourth-order valence-corrected chi connectivity index (χ4v) is 5.33. The molecule has 1 aromatic heterocycles. The van der Waals surface area contributed by atoms with Crippen LogP contribution >= 0.6 is 23.1 Å². The summed E-state index contributed by atoms with van der Waals surface area (Å²) in [5.41, 5.74) is 0.460. The number of fused-ring (bicyclic) bond motifs is 1. The Morgan fingerprint density at radius 2 is 1.92 bits per heavy atom. The zero-order valence-corrected chi connectivity index (χ0v) is 15.0. The summed E-state index contributed by atoms with van der Waals surface area (Å²) in [6.07, 6.45) is 1.72. The molecule has 4 rings (SSSR count). The van der Waals surface area contributed by atoms with Gasteiger partial charge >= 0.3 is 0 Å². The maximum absolute atomic E-state index is 13.8. The molecule has 128 valence electrons. The average Bonchev–Trinajstić information content (AvgIpc) is 3.08. The van der Waals surface area contributed by atoms with Gasteiger partial charge in [-0.15, -0.1) is 0 Å². The van der Waals surface area contributed by atoms with Crippen molar-refractivity contribution < 1.29 is 9.18 Å². The largest absolute Gasteiger partial charge is 0.348 e. The summed E-state index contributed by atoms with van der Waals surface area (Å²) in [4.78, 5) is 21.3. The van der Waals surface area contributed by atoms with Gasteiger partial charge < -0.3 is 9.80 Å². The van der Waals surface area contributed by atoms with Gasteiger partial charge in [0.1, 0.15) is 11.3 Å². The molecule has 0 atom stereocenters. The number of carbonyl (C=O) groups excluding carboxylic acids is 1. The number of benzene rings is 1. The minimum absolute atomic E-state index is 0.135. The van der Waals surface area contributed by atoms with Gasteiger partial charge in [-0.3, -0.25) is 4.79 Å². The fraction of sp³-hybridized carbons (Fsp3) is 0.529. The van der Waals surface area contributed by atoms with Gasteiger partial charge in [0.2, 0.25) is 5.91 Å². The highest BCUT2D eigenvalue weighted by atomic mass is 32.2. The van der Waals surface area contributed by atoms with Crippen LogP contribution in [0.15, 0.2) is 18.2 Å². The van der Waals surface area contributed by atoms with Crippen LogP contribution in [-0.4, -0.2) is 53.5 Å². The van der Waals surface area contributed by atoms with Crippen LogP contribution in [0.2, 0.25) is 0 Å². The molecule has 0 aliphatic carbocycles. The van der Waals surface area contributed by atoms with E-state index >= 15 is 0 Å². The van der Waals surface area contributed by atoms with Crippen molar-refractivity contribution in [1.82, 2.24) is 9.88 Å². The maximum Gasteiger partial charge on any atom is 0.225 e. The van der Waals surface area contributed by atoms with Gasteiger partial charge in [-0.25, -0.2) is 9.37 Å². The second kappa shape index (κ2) is 6.88. The standard InChI is InChI=1S/C17H20FN3OS2/c18-13-2-1-3-14-15(13)19-17(24-14)21-6-4-12(5-7-21)16(22)20-8-10-23-11-9-20/h1-3,12H,4-11H2. The molecule has 2 aliphatic heterocycles. The van der Waals surface area contributed by atoms with E-state index < -0.39 is 0 Å². The van der Waals surface area contributed by atoms with Crippen molar-refractivity contribution in [2.24, 2.45) is 5.92 Å². The fourth-order valence-electron chi connectivity index (χ4n) is 3.40. The summed E-state index contributed by atoms with van der Waals surface area (Å²) in [5.74, 6) is 2.31. The number of anilines is 1. The van der Waals surface area contributed by atoms with Crippen molar-refractivity contribution in [3.63, 3.8) is 0 Å². The summed E-state index contributed by atoms with van der Waals surface area (Å²) in [5, 5.41) is 0.871. The molecule has 0 spiro atoms. The van der Waals surface area contributed by atoms with Crippen molar-refractivity contribution >= 4 is 44.4 Å². The van der Waals surface area contributed by atoms with Crippen LogP contribution in [0.1, 0.15) is 12.8 Å². The molecule has 1 aromatic carbocycles. The first-order valence-electron chi connectivity index (χ1n) is 8.39. The molecule has 2 saturated heterocycles. The molecular formula is C17H20FN3OS2. The number of hydrogen-bond donors (Lipinski definition) is 0. The molecule has 2 aliphatic rings. The summed E-state index contributed by atoms with van der Waals surface area (Å²) in [6.45, 7) is 3.42. The molecule has 24 heavy (non-hydrogen) atoms. The summed E-state index contributed by atoms with van der Waals surface area (Å²) < 4.78 is 14.7. The Bertz CT molecular complexity index is 737. The third-order valence-electron chi connectivity index (χ3n) is 4.80. The first-order valence-corrected chi connectivity index (χ1v) is 10.4. The third kappa shape index (κ3) is 3.11. The number of halogens is 1. The first-order chi connectivity index (χ1) is 11.7. The highest BCUT2D eigenvalue weighted by Crippen LogP contribution is 2.33. The number of carbonyl (C=O) groups is 1. The molecule has 4 nitrogen and oxygen atoms in total. The molecule has 0 bridgehead atoms. The lowest BCUT2D eigenvalue weighted by Crippen LogP contribution is -2.45. The first kappa shape index (κ1) is 16.1. The third-order valence-corrected chi connectivity index (χ3v) is 6.82. The predicted octanol–water partition coefficient (Wildman–Crippen LogP) is 3.23. The molecule has 0 unspecified atom stereocenters. The van der Waals surface area contributed by atoms with Gasteiger partial charge in [-0.2, -0.15) is 11.8 Å². The predicted molar refractivity (Wildman–Crippen MR) is 98.4 cm³/mol. The monoisotopic (exact) mass is 365 g/mol. The Labute approximate surface area is 149 Å². The van der Waals surface area contributed by atoms with E-state index in [1.165, 1.54) is 17.4 Å². The molecule has 0 N–H and O–H groups in total. The Kier molecular flexibility index (Phi) is 4.63. The molecular weight excluding hydrogens is 345 g/mol. The maximum atomic E-state index is 13.8. The van der Waals surface area contributed by atoms with Crippen LogP contribution in [0.4, 0.5) is 9.52 Å². The molecule has 1 amide bonds. The molecule has 0 saturated carbocycles. The minimum atomic E-state index is -0.261. The number of amides is 1. The molecule has 0 radical (unpaired) electrons. The lowest BCUT2D eigenvalue weighted by molar-refractivity contribution is -0.135. The van der Waals surface area contributed by atoms with Gasteiger partial charge in [0.25, 0.3) is 0 Å². The van der Waals surface area contributed by atoms with Gasteiger partial charge in [-0.1, -0.05) is 17.4 Å². The van der Waals surface area contributed by atoms with Gasteiger partial charge in [-0.05, 0) is 25.0 Å². The second-order valence-corrected chi connectivity index (χ2v) is 8.52. The molecule has 2 fully saturated rings. The smallest absolute Gasteiger partial charge is 0.225 e. The second-order valence-electron chi connectivity index (χ2n) is 6.28. The molecule has 7 heteroatoms. The lowest BCUT2D eigenvalue weighted by atomic mass is 9.95. The van der Waals surface area contributed by atoms with E-state index in [-0.39, 0.29) is 11.7 Å². The Morgan fingerprint density at radius 3 is 2.62 bits per heavy atom. The van der Waals surface area contributed by atoms with Crippen LogP contribution < -0.4 is 4.90 Å². The van der Waals surface area contributed by atoms with E-state index in [0.29, 0.717) is 11.4 Å². The van der Waals surface area contributed by atoms with Crippen LogP contribution in [0.25, 0.3) is 10.2 Å². The number of piperidine rings is 1. The SMILES string of the molecule is O=C(C1CCN(c2nc3c(F)cccc3s2)CC1)N1CCSCC1. The van der Waals surface area contributed by atoms with Crippen molar-refractivity contribution in [2.75, 3.05) is 42.6 Å². The van der Waals surface area contributed by atoms with E-state index in [2.05, 4.69) is 9.88 Å². The highest BCUT2D eigenvalue weighted by Gasteiger charge is 2.30. The summed E-state index contributed by atoms with van der Waals surface area (Å²) in [6, 6.07) is 5.08. The number of nitrogens with zero attached hydrogens (tertiary/aromatic N) is 3. The van der Waals surface area contributed by atoms with Crippen LogP contribution in [0.5, 0.6) is 0 Å². The van der Waals surface area contributed by atoms with E-state index in [0.717, 1.165) is 60.4 Å². The number of rotatable bonds is 2. The van der Waals surface area contributed by atoms with Crippen molar-refractivity contribution in [1.29, 1.82) is 0 Å². The number of thioether (sulfide) groups is 1. The zero-order valence-electron chi connectivity index (χ0n) is 13.4. The molecule has 2 aromatic rings. The molecule has 3 heterocycles. The highest BCUT2D eigenvalue weighted by molar-refractivity contribution is 7.99. The minimum Gasteiger partial charge on any atom is -0.348 e.